The first-order valence-electron chi connectivity index (χ1n) is 12.1. The molecule has 3 N–H and O–H groups in total. The largest absolute Gasteiger partial charge is 0.423 e. The third kappa shape index (κ3) is 6.16. The number of carbonyl (C=O) groups is 1. The topological polar surface area (TPSA) is 133 Å². The van der Waals surface area contributed by atoms with Crippen LogP contribution in [0.5, 0.6) is 0 Å². The van der Waals surface area contributed by atoms with Crippen molar-refractivity contribution in [1.82, 2.24) is 30.5 Å². The van der Waals surface area contributed by atoms with Crippen molar-refractivity contribution in [3.05, 3.63) is 112 Å². The van der Waals surface area contributed by atoms with Crippen LogP contribution in [0, 0.1) is 6.92 Å². The average Bonchev–Trinajstić information content (AvgIpc) is 3.57. The molecule has 10 heteroatoms. The first-order valence-corrected chi connectivity index (χ1v) is 13.0. The van der Waals surface area contributed by atoms with E-state index in [1.54, 1.807) is 24.7 Å². The SMILES string of the molecule is Cc1csc(CNC(=O)c2cc(Cc3nnc(C(C)(N)Cc4ccccc4)o3)cc(-c3cnccn3)c2)n1. The molecule has 3 aromatic heterocycles. The maximum atomic E-state index is 13.1. The molecule has 0 bridgehead atoms. The Morgan fingerprint density at radius 3 is 2.68 bits per heavy atom. The monoisotopic (exact) mass is 525 g/mol. The summed E-state index contributed by atoms with van der Waals surface area (Å²) >= 11 is 1.51. The molecule has 38 heavy (non-hydrogen) atoms. The predicted molar refractivity (Wildman–Crippen MR) is 144 cm³/mol. The zero-order chi connectivity index (χ0) is 26.5. The van der Waals surface area contributed by atoms with Crippen LogP contribution in [-0.4, -0.2) is 31.1 Å². The highest BCUT2D eigenvalue weighted by Gasteiger charge is 2.28. The van der Waals surface area contributed by atoms with E-state index in [1.165, 1.54) is 11.3 Å². The second-order valence-corrected chi connectivity index (χ2v) is 10.3. The molecular formula is C28H27N7O2S. The Kier molecular flexibility index (Phi) is 7.34. The van der Waals surface area contributed by atoms with Crippen molar-refractivity contribution in [2.45, 2.75) is 38.8 Å². The minimum absolute atomic E-state index is 0.214. The Hall–Kier alpha value is -4.28. The second kappa shape index (κ2) is 11.0. The molecule has 1 amide bonds. The number of carbonyl (C=O) groups excluding carboxylic acids is 1. The van der Waals surface area contributed by atoms with Gasteiger partial charge in [-0.3, -0.25) is 14.8 Å². The average molecular weight is 526 g/mol. The lowest BCUT2D eigenvalue weighted by Crippen LogP contribution is -2.35. The van der Waals surface area contributed by atoms with Gasteiger partial charge in [0, 0.05) is 34.6 Å². The Morgan fingerprint density at radius 1 is 1.11 bits per heavy atom. The highest BCUT2D eigenvalue weighted by atomic mass is 32.1. The van der Waals surface area contributed by atoms with Crippen molar-refractivity contribution in [3.8, 4) is 11.3 Å². The third-order valence-electron chi connectivity index (χ3n) is 5.91. The quantitative estimate of drug-likeness (QED) is 0.292. The van der Waals surface area contributed by atoms with Crippen LogP contribution in [0.2, 0.25) is 0 Å². The van der Waals surface area contributed by atoms with Crippen LogP contribution in [0.25, 0.3) is 11.3 Å². The van der Waals surface area contributed by atoms with Gasteiger partial charge < -0.3 is 15.5 Å². The van der Waals surface area contributed by atoms with Crippen molar-refractivity contribution < 1.29 is 9.21 Å². The number of nitrogens with one attached hydrogen (secondary N) is 1. The molecule has 9 nitrogen and oxygen atoms in total. The molecular weight excluding hydrogens is 498 g/mol. The molecule has 0 spiro atoms. The third-order valence-corrected chi connectivity index (χ3v) is 6.87. The van der Waals surface area contributed by atoms with Crippen molar-refractivity contribution in [2.75, 3.05) is 0 Å². The van der Waals surface area contributed by atoms with Crippen LogP contribution in [-0.2, 0) is 24.9 Å². The summed E-state index contributed by atoms with van der Waals surface area (Å²) in [6.07, 6.45) is 5.77. The van der Waals surface area contributed by atoms with Gasteiger partial charge in [0.1, 0.15) is 5.01 Å². The normalized spacial score (nSPS) is 12.7. The maximum Gasteiger partial charge on any atom is 0.251 e. The van der Waals surface area contributed by atoms with Crippen LogP contribution in [0.15, 0.2) is 76.9 Å². The summed E-state index contributed by atoms with van der Waals surface area (Å²) in [7, 11) is 0. The molecule has 5 rings (SSSR count). The van der Waals surface area contributed by atoms with Crippen molar-refractivity contribution in [2.24, 2.45) is 5.73 Å². The van der Waals surface area contributed by atoms with Gasteiger partial charge in [0.05, 0.1) is 30.4 Å². The van der Waals surface area contributed by atoms with Crippen molar-refractivity contribution >= 4 is 17.2 Å². The number of nitrogens with two attached hydrogens (primary N) is 1. The zero-order valence-corrected chi connectivity index (χ0v) is 21.9. The highest BCUT2D eigenvalue weighted by molar-refractivity contribution is 7.09. The first-order chi connectivity index (χ1) is 18.4. The molecule has 192 valence electrons. The summed E-state index contributed by atoms with van der Waals surface area (Å²) in [5.74, 6) is 0.553. The minimum Gasteiger partial charge on any atom is -0.423 e. The van der Waals surface area contributed by atoms with E-state index in [2.05, 4.69) is 30.5 Å². The van der Waals surface area contributed by atoms with Gasteiger partial charge in [-0.25, -0.2) is 4.98 Å². The van der Waals surface area contributed by atoms with E-state index in [1.807, 2.05) is 61.7 Å². The van der Waals surface area contributed by atoms with Gasteiger partial charge in [0.2, 0.25) is 11.8 Å². The molecule has 0 fully saturated rings. The number of nitrogens with zero attached hydrogens (tertiary/aromatic N) is 5. The Balaban J connectivity index is 1.38. The Bertz CT molecular complexity index is 1530. The molecule has 1 atom stereocenters. The molecule has 0 aliphatic carbocycles. The first kappa shape index (κ1) is 25.4. The summed E-state index contributed by atoms with van der Waals surface area (Å²) in [4.78, 5) is 26.1. The van der Waals surface area contributed by atoms with Crippen LogP contribution >= 0.6 is 11.3 Å². The number of amides is 1. The van der Waals surface area contributed by atoms with E-state index in [0.717, 1.165) is 27.4 Å². The molecule has 0 aliphatic heterocycles. The summed E-state index contributed by atoms with van der Waals surface area (Å²) in [5.41, 5.74) is 10.5. The molecule has 3 heterocycles. The lowest BCUT2D eigenvalue weighted by molar-refractivity contribution is 0.0950. The number of rotatable bonds is 9. The summed E-state index contributed by atoms with van der Waals surface area (Å²) in [6.45, 7) is 4.15. The Labute approximate surface area is 224 Å². The molecule has 2 aromatic carbocycles. The predicted octanol–water partition coefficient (Wildman–Crippen LogP) is 4.23. The standard InChI is InChI=1S/C28H27N7O2S/c1-18-17-38-25(33-18)16-32-26(36)22-11-20(10-21(13-22)23-15-30-8-9-31-23)12-24-34-35-27(37-24)28(2,29)14-19-6-4-3-5-7-19/h3-11,13,15,17H,12,14,16,29H2,1-2H3,(H,32,36). The van der Waals surface area contributed by atoms with Crippen LogP contribution in [0.4, 0.5) is 0 Å². The highest BCUT2D eigenvalue weighted by Crippen LogP contribution is 2.25. The second-order valence-electron chi connectivity index (χ2n) is 9.33. The van der Waals surface area contributed by atoms with E-state index >= 15 is 0 Å². The Morgan fingerprint density at radius 2 is 1.95 bits per heavy atom. The van der Waals surface area contributed by atoms with Gasteiger partial charge >= 0.3 is 0 Å². The number of aryl methyl sites for hydroxylation is 1. The molecule has 0 saturated heterocycles. The fourth-order valence-electron chi connectivity index (χ4n) is 4.09. The molecule has 5 aromatic rings. The summed E-state index contributed by atoms with van der Waals surface area (Å²) < 4.78 is 6.00. The van der Waals surface area contributed by atoms with E-state index in [4.69, 9.17) is 10.2 Å². The minimum atomic E-state index is -0.826. The lowest BCUT2D eigenvalue weighted by Gasteiger charge is -2.20. The van der Waals surface area contributed by atoms with Gasteiger partial charge in [0.25, 0.3) is 5.91 Å². The fraction of sp³-hybridized carbons (Fsp3) is 0.214. The van der Waals surface area contributed by atoms with E-state index in [0.29, 0.717) is 42.4 Å². The zero-order valence-electron chi connectivity index (χ0n) is 21.1. The van der Waals surface area contributed by atoms with E-state index < -0.39 is 5.54 Å². The van der Waals surface area contributed by atoms with Gasteiger partial charge in [-0.2, -0.15) is 0 Å². The molecule has 0 radical (unpaired) electrons. The molecule has 0 aliphatic rings. The number of thiazole rings is 1. The number of aromatic nitrogens is 5. The van der Waals surface area contributed by atoms with Gasteiger partial charge in [0.15, 0.2) is 0 Å². The van der Waals surface area contributed by atoms with Gasteiger partial charge in [-0.15, -0.1) is 21.5 Å². The van der Waals surface area contributed by atoms with Gasteiger partial charge in [-0.05, 0) is 49.6 Å². The number of benzene rings is 2. The van der Waals surface area contributed by atoms with Crippen molar-refractivity contribution in [3.63, 3.8) is 0 Å². The maximum absolute atomic E-state index is 13.1. The van der Waals surface area contributed by atoms with E-state index in [-0.39, 0.29) is 5.91 Å². The van der Waals surface area contributed by atoms with E-state index in [9.17, 15) is 4.79 Å². The van der Waals surface area contributed by atoms with Crippen LogP contribution < -0.4 is 11.1 Å². The van der Waals surface area contributed by atoms with Crippen LogP contribution in [0.1, 0.15) is 50.9 Å². The van der Waals surface area contributed by atoms with Crippen LogP contribution in [0.3, 0.4) is 0 Å². The fourth-order valence-corrected chi connectivity index (χ4v) is 4.80. The summed E-state index contributed by atoms with van der Waals surface area (Å²) in [5, 5.41) is 14.2. The smallest absolute Gasteiger partial charge is 0.251 e. The van der Waals surface area contributed by atoms with Gasteiger partial charge in [-0.1, -0.05) is 30.3 Å². The number of hydrogen-bond acceptors (Lipinski definition) is 9. The van der Waals surface area contributed by atoms with Crippen molar-refractivity contribution in [1.29, 1.82) is 0 Å². The number of hydrogen-bond donors (Lipinski definition) is 2. The summed E-state index contributed by atoms with van der Waals surface area (Å²) in [6, 6.07) is 15.5. The molecule has 1 unspecified atom stereocenters. The lowest BCUT2D eigenvalue weighted by atomic mass is 9.94. The molecule has 0 saturated carbocycles.